The van der Waals surface area contributed by atoms with E-state index in [1.54, 1.807) is 6.07 Å². The summed E-state index contributed by atoms with van der Waals surface area (Å²) < 4.78 is 2.11. The third-order valence-corrected chi connectivity index (χ3v) is 5.39. The quantitative estimate of drug-likeness (QED) is 0.413. The Morgan fingerprint density at radius 1 is 0.867 bits per heavy atom. The van der Waals surface area contributed by atoms with Gasteiger partial charge >= 0.3 is 5.97 Å². The van der Waals surface area contributed by atoms with Crippen LogP contribution >= 0.6 is 0 Å². The first-order valence-corrected chi connectivity index (χ1v) is 10.1. The zero-order chi connectivity index (χ0) is 20.9. The van der Waals surface area contributed by atoms with Crippen LogP contribution < -0.4 is 0 Å². The lowest BCUT2D eigenvalue weighted by atomic mass is 10.0. The van der Waals surface area contributed by atoms with Crippen LogP contribution in [0.5, 0.6) is 0 Å². The summed E-state index contributed by atoms with van der Waals surface area (Å²) in [4.78, 5) is 22.2. The predicted molar refractivity (Wildman–Crippen MR) is 118 cm³/mol. The number of aromatic nitrogens is 1. The highest BCUT2D eigenvalue weighted by Crippen LogP contribution is 2.28. The smallest absolute Gasteiger partial charge is 0.303 e. The molecule has 1 heterocycles. The molecule has 0 radical (unpaired) electrons. The summed E-state index contributed by atoms with van der Waals surface area (Å²) in [7, 11) is 0. The van der Waals surface area contributed by atoms with Gasteiger partial charge in [-0.05, 0) is 60.2 Å². The van der Waals surface area contributed by atoms with E-state index < -0.39 is 5.97 Å². The van der Waals surface area contributed by atoms with E-state index in [1.165, 1.54) is 11.1 Å². The Labute approximate surface area is 175 Å². The minimum Gasteiger partial charge on any atom is -0.481 e. The number of aliphatic carboxylic acids is 1. The van der Waals surface area contributed by atoms with Crippen molar-refractivity contribution in [1.82, 2.24) is 4.57 Å². The molecule has 0 amide bonds. The van der Waals surface area contributed by atoms with Gasteiger partial charge < -0.3 is 9.67 Å². The normalized spacial score (nSPS) is 10.9. The minimum atomic E-state index is -0.789. The van der Waals surface area contributed by atoms with Gasteiger partial charge in [0, 0.05) is 29.3 Å². The average Bonchev–Trinajstić information content (AvgIpc) is 3.15. The van der Waals surface area contributed by atoms with Crippen LogP contribution in [0.2, 0.25) is 0 Å². The molecule has 0 aliphatic heterocycles. The zero-order valence-electron chi connectivity index (χ0n) is 16.6. The Bertz CT molecular complexity index is 1190. The van der Waals surface area contributed by atoms with Gasteiger partial charge in [-0.25, -0.2) is 0 Å². The van der Waals surface area contributed by atoms with Gasteiger partial charge in [0.15, 0.2) is 0 Å². The summed E-state index contributed by atoms with van der Waals surface area (Å²) in [6.07, 6.45) is 5.42. The van der Waals surface area contributed by atoms with Gasteiger partial charge in [-0.1, -0.05) is 48.5 Å². The van der Waals surface area contributed by atoms with Crippen molar-refractivity contribution in [2.75, 3.05) is 0 Å². The van der Waals surface area contributed by atoms with Crippen molar-refractivity contribution in [3.63, 3.8) is 0 Å². The molecule has 3 aromatic carbocycles. The Kier molecular flexibility index (Phi) is 5.75. The molecule has 0 saturated carbocycles. The largest absolute Gasteiger partial charge is 0.481 e. The number of hydrogen-bond acceptors (Lipinski definition) is 2. The molecule has 1 aromatic heterocycles. The summed E-state index contributed by atoms with van der Waals surface area (Å²) in [6, 6.07) is 24.1. The van der Waals surface area contributed by atoms with Gasteiger partial charge in [-0.15, -0.1) is 0 Å². The van der Waals surface area contributed by atoms with Crippen molar-refractivity contribution in [3.05, 3.63) is 101 Å². The number of carbonyl (C=O) groups excluding carboxylic acids is 1. The second-order valence-corrected chi connectivity index (χ2v) is 7.47. The monoisotopic (exact) mass is 397 g/mol. The molecule has 0 fully saturated rings. The summed E-state index contributed by atoms with van der Waals surface area (Å²) in [6.45, 7) is 0. The van der Waals surface area contributed by atoms with Gasteiger partial charge in [0.2, 0.25) is 0 Å². The molecule has 0 saturated heterocycles. The second kappa shape index (κ2) is 8.78. The standard InChI is InChI=1S/C26H23NO3/c28-18-21-7-4-8-23(15-21)27-17-22(12-9-19-5-2-1-3-6-19)24-16-20(10-13-25(24)27)11-14-26(29)30/h1-8,10,13,15-18H,9,11-12,14H2,(H,29,30). The molecule has 1 N–H and O–H groups in total. The molecule has 150 valence electrons. The maximum Gasteiger partial charge on any atom is 0.303 e. The van der Waals surface area contributed by atoms with Gasteiger partial charge in [0.05, 0.1) is 5.52 Å². The second-order valence-electron chi connectivity index (χ2n) is 7.47. The van der Waals surface area contributed by atoms with Crippen LogP contribution in [-0.4, -0.2) is 21.9 Å². The summed E-state index contributed by atoms with van der Waals surface area (Å²) in [5, 5.41) is 10.2. The number of carbonyl (C=O) groups is 2. The lowest BCUT2D eigenvalue weighted by Crippen LogP contribution is -1.97. The molecule has 4 aromatic rings. The lowest BCUT2D eigenvalue weighted by Gasteiger charge is -2.07. The van der Waals surface area contributed by atoms with Crippen molar-refractivity contribution in [1.29, 1.82) is 0 Å². The number of hydrogen-bond donors (Lipinski definition) is 1. The van der Waals surface area contributed by atoms with E-state index >= 15 is 0 Å². The summed E-state index contributed by atoms with van der Waals surface area (Å²) >= 11 is 0. The van der Waals surface area contributed by atoms with E-state index in [1.807, 2.05) is 48.5 Å². The van der Waals surface area contributed by atoms with E-state index in [9.17, 15) is 9.59 Å². The number of carboxylic acids is 1. The number of fused-ring (bicyclic) bond motifs is 1. The van der Waals surface area contributed by atoms with Crippen molar-refractivity contribution >= 4 is 23.2 Å². The average molecular weight is 397 g/mol. The van der Waals surface area contributed by atoms with E-state index in [-0.39, 0.29) is 6.42 Å². The Morgan fingerprint density at radius 3 is 2.47 bits per heavy atom. The SMILES string of the molecule is O=Cc1cccc(-n2cc(CCc3ccccc3)c3cc(CCC(=O)O)ccc32)c1. The number of rotatable bonds is 8. The van der Waals surface area contributed by atoms with Crippen LogP contribution in [0.25, 0.3) is 16.6 Å². The number of nitrogens with zero attached hydrogens (tertiary/aromatic N) is 1. The van der Waals surface area contributed by atoms with Crippen molar-refractivity contribution in [3.8, 4) is 5.69 Å². The van der Waals surface area contributed by atoms with Gasteiger partial charge in [0.1, 0.15) is 6.29 Å². The number of carboxylic acid groups (broad SMARTS) is 1. The minimum absolute atomic E-state index is 0.118. The third-order valence-electron chi connectivity index (χ3n) is 5.39. The molecule has 0 unspecified atom stereocenters. The molecule has 4 heteroatoms. The lowest BCUT2D eigenvalue weighted by molar-refractivity contribution is -0.136. The molecule has 0 spiro atoms. The van der Waals surface area contributed by atoms with Crippen molar-refractivity contribution < 1.29 is 14.7 Å². The molecule has 0 aliphatic rings. The van der Waals surface area contributed by atoms with Gasteiger partial charge in [-0.3, -0.25) is 9.59 Å². The van der Waals surface area contributed by atoms with E-state index in [2.05, 4.69) is 29.0 Å². The van der Waals surface area contributed by atoms with Gasteiger partial charge in [0.25, 0.3) is 0 Å². The molecular formula is C26H23NO3. The van der Waals surface area contributed by atoms with Crippen LogP contribution in [0.4, 0.5) is 0 Å². The van der Waals surface area contributed by atoms with Crippen molar-refractivity contribution in [2.24, 2.45) is 0 Å². The fourth-order valence-electron chi connectivity index (χ4n) is 3.84. The maximum absolute atomic E-state index is 11.2. The van der Waals surface area contributed by atoms with Crippen LogP contribution in [-0.2, 0) is 24.1 Å². The third kappa shape index (κ3) is 4.33. The fourth-order valence-corrected chi connectivity index (χ4v) is 3.84. The molecule has 4 nitrogen and oxygen atoms in total. The summed E-state index contributed by atoms with van der Waals surface area (Å²) in [5.74, 6) is -0.789. The maximum atomic E-state index is 11.2. The van der Waals surface area contributed by atoms with Gasteiger partial charge in [-0.2, -0.15) is 0 Å². The molecule has 0 atom stereocenters. The predicted octanol–water partition coefficient (Wildman–Crippen LogP) is 5.25. The number of aryl methyl sites for hydroxylation is 3. The van der Waals surface area contributed by atoms with Crippen molar-refractivity contribution in [2.45, 2.75) is 25.7 Å². The number of benzene rings is 3. The van der Waals surface area contributed by atoms with E-state index in [0.717, 1.165) is 41.3 Å². The highest BCUT2D eigenvalue weighted by molar-refractivity contribution is 5.87. The Balaban J connectivity index is 1.75. The first-order chi connectivity index (χ1) is 14.6. The van der Waals surface area contributed by atoms with E-state index in [0.29, 0.717) is 12.0 Å². The first-order valence-electron chi connectivity index (χ1n) is 10.1. The molecule has 0 aliphatic carbocycles. The topological polar surface area (TPSA) is 59.3 Å². The Morgan fingerprint density at radius 2 is 1.70 bits per heavy atom. The molecule has 0 bridgehead atoms. The number of aldehydes is 1. The zero-order valence-corrected chi connectivity index (χ0v) is 16.6. The van der Waals surface area contributed by atoms with Crippen LogP contribution in [0, 0.1) is 0 Å². The Hall–Kier alpha value is -3.66. The van der Waals surface area contributed by atoms with Crippen LogP contribution in [0.3, 0.4) is 0 Å². The first kappa shape index (κ1) is 19.6. The highest BCUT2D eigenvalue weighted by Gasteiger charge is 2.12. The highest BCUT2D eigenvalue weighted by atomic mass is 16.4. The summed E-state index contributed by atoms with van der Waals surface area (Å²) in [5.41, 5.74) is 6.14. The molecule has 4 rings (SSSR count). The van der Waals surface area contributed by atoms with Crippen LogP contribution in [0.15, 0.2) is 79.0 Å². The van der Waals surface area contributed by atoms with Crippen LogP contribution in [0.1, 0.15) is 33.5 Å². The fraction of sp³-hybridized carbons (Fsp3) is 0.154. The molecular weight excluding hydrogens is 374 g/mol. The van der Waals surface area contributed by atoms with E-state index in [4.69, 9.17) is 5.11 Å². The molecule has 30 heavy (non-hydrogen) atoms.